The number of rotatable bonds is 3. The zero-order valence-electron chi connectivity index (χ0n) is 13.2. The molecule has 0 saturated carbocycles. The summed E-state index contributed by atoms with van der Waals surface area (Å²) in [6.07, 6.45) is 0.303. The second kappa shape index (κ2) is 6.70. The number of fused-ring (bicyclic) bond motifs is 1. The summed E-state index contributed by atoms with van der Waals surface area (Å²) in [5, 5.41) is 2.78. The van der Waals surface area contributed by atoms with Crippen molar-refractivity contribution >= 4 is 17.5 Å². The smallest absolute Gasteiger partial charge is 0.251 e. The Morgan fingerprint density at radius 1 is 1.25 bits per heavy atom. The van der Waals surface area contributed by atoms with Crippen LogP contribution in [-0.2, 0) is 11.3 Å². The number of anilines is 1. The van der Waals surface area contributed by atoms with Gasteiger partial charge in [-0.05, 0) is 35.9 Å². The van der Waals surface area contributed by atoms with E-state index in [9.17, 15) is 14.0 Å². The first-order valence-corrected chi connectivity index (χ1v) is 7.60. The van der Waals surface area contributed by atoms with E-state index in [1.54, 1.807) is 37.4 Å². The molecule has 2 aromatic carbocycles. The number of amides is 2. The van der Waals surface area contributed by atoms with Gasteiger partial charge in [-0.25, -0.2) is 4.39 Å². The van der Waals surface area contributed by atoms with Gasteiger partial charge in [-0.3, -0.25) is 9.59 Å². The van der Waals surface area contributed by atoms with Crippen molar-refractivity contribution in [3.63, 3.8) is 0 Å². The van der Waals surface area contributed by atoms with Crippen LogP contribution in [0.4, 0.5) is 10.1 Å². The molecule has 0 atom stereocenters. The van der Waals surface area contributed by atoms with E-state index in [1.807, 2.05) is 0 Å². The first-order valence-electron chi connectivity index (χ1n) is 7.60. The molecule has 1 heterocycles. The van der Waals surface area contributed by atoms with E-state index in [0.717, 1.165) is 5.56 Å². The highest BCUT2D eigenvalue weighted by molar-refractivity contribution is 5.99. The lowest BCUT2D eigenvalue weighted by Crippen LogP contribution is -2.26. The highest BCUT2D eigenvalue weighted by Gasteiger charge is 2.21. The van der Waals surface area contributed by atoms with Gasteiger partial charge in [0.15, 0.2) is 0 Å². The summed E-state index contributed by atoms with van der Waals surface area (Å²) >= 11 is 0. The molecule has 0 unspecified atom stereocenters. The Morgan fingerprint density at radius 3 is 2.75 bits per heavy atom. The standard InChI is InChI=1S/C18H17FN2O3/c1-21-15-10-13(4-7-16(15)24-9-8-17(21)22)18(23)20-11-12-2-5-14(19)6-3-12/h2-7,10H,8-9,11H2,1H3,(H,20,23). The molecule has 0 saturated heterocycles. The second-order valence-electron chi connectivity index (χ2n) is 5.54. The lowest BCUT2D eigenvalue weighted by atomic mass is 10.1. The molecule has 24 heavy (non-hydrogen) atoms. The third kappa shape index (κ3) is 3.37. The third-order valence-corrected chi connectivity index (χ3v) is 3.90. The monoisotopic (exact) mass is 328 g/mol. The first-order chi connectivity index (χ1) is 11.5. The van der Waals surface area contributed by atoms with Gasteiger partial charge >= 0.3 is 0 Å². The Labute approximate surface area is 139 Å². The van der Waals surface area contributed by atoms with Crippen molar-refractivity contribution in [3.8, 4) is 5.75 Å². The largest absolute Gasteiger partial charge is 0.491 e. The SMILES string of the molecule is CN1C(=O)CCOc2ccc(C(=O)NCc3ccc(F)cc3)cc21. The minimum absolute atomic E-state index is 0.0578. The molecule has 0 spiro atoms. The lowest BCUT2D eigenvalue weighted by molar-refractivity contribution is -0.118. The summed E-state index contributed by atoms with van der Waals surface area (Å²) in [6.45, 7) is 0.619. The number of hydrogen-bond acceptors (Lipinski definition) is 3. The Hall–Kier alpha value is -2.89. The average molecular weight is 328 g/mol. The van der Waals surface area contributed by atoms with Crippen LogP contribution in [0, 0.1) is 5.82 Å². The van der Waals surface area contributed by atoms with Crippen LogP contribution in [0.2, 0.25) is 0 Å². The molecule has 1 N–H and O–H groups in total. The molecule has 3 rings (SSSR count). The molecular formula is C18H17FN2O3. The van der Waals surface area contributed by atoms with E-state index >= 15 is 0 Å². The normalized spacial score (nSPS) is 13.8. The molecule has 0 aliphatic carbocycles. The molecule has 2 amide bonds. The van der Waals surface area contributed by atoms with E-state index < -0.39 is 0 Å². The van der Waals surface area contributed by atoms with E-state index in [2.05, 4.69) is 5.32 Å². The maximum Gasteiger partial charge on any atom is 0.251 e. The molecule has 1 aliphatic rings. The van der Waals surface area contributed by atoms with Gasteiger partial charge in [0.2, 0.25) is 5.91 Å². The van der Waals surface area contributed by atoms with Crippen LogP contribution in [-0.4, -0.2) is 25.5 Å². The van der Waals surface area contributed by atoms with Gasteiger partial charge in [0.25, 0.3) is 5.91 Å². The number of benzene rings is 2. The third-order valence-electron chi connectivity index (χ3n) is 3.90. The Balaban J connectivity index is 1.74. The number of ether oxygens (including phenoxy) is 1. The minimum Gasteiger partial charge on any atom is -0.491 e. The van der Waals surface area contributed by atoms with Crippen LogP contribution in [0.1, 0.15) is 22.3 Å². The van der Waals surface area contributed by atoms with Crippen LogP contribution in [0.15, 0.2) is 42.5 Å². The van der Waals surface area contributed by atoms with Gasteiger partial charge in [0.1, 0.15) is 11.6 Å². The van der Waals surface area contributed by atoms with Crippen LogP contribution >= 0.6 is 0 Å². The highest BCUT2D eigenvalue weighted by atomic mass is 19.1. The molecule has 124 valence electrons. The van der Waals surface area contributed by atoms with Gasteiger partial charge in [0.05, 0.1) is 18.7 Å². The fourth-order valence-electron chi connectivity index (χ4n) is 2.48. The zero-order valence-corrected chi connectivity index (χ0v) is 13.2. The predicted octanol–water partition coefficient (Wildman–Crippen LogP) is 2.50. The average Bonchev–Trinajstić information content (AvgIpc) is 2.73. The lowest BCUT2D eigenvalue weighted by Gasteiger charge is -2.17. The zero-order chi connectivity index (χ0) is 17.1. The van der Waals surface area contributed by atoms with E-state index in [0.29, 0.717) is 36.6 Å². The van der Waals surface area contributed by atoms with E-state index in [4.69, 9.17) is 4.74 Å². The van der Waals surface area contributed by atoms with Crippen LogP contribution in [0.3, 0.4) is 0 Å². The van der Waals surface area contributed by atoms with Gasteiger partial charge in [0, 0.05) is 19.2 Å². The molecule has 1 aliphatic heterocycles. The Kier molecular flexibility index (Phi) is 4.46. The van der Waals surface area contributed by atoms with Crippen LogP contribution in [0.25, 0.3) is 0 Å². The predicted molar refractivity (Wildman–Crippen MR) is 87.5 cm³/mol. The maximum atomic E-state index is 12.9. The van der Waals surface area contributed by atoms with Gasteiger partial charge in [-0.2, -0.15) is 0 Å². The van der Waals surface area contributed by atoms with Crippen molar-refractivity contribution < 1.29 is 18.7 Å². The number of carbonyl (C=O) groups excluding carboxylic acids is 2. The molecule has 6 heteroatoms. The summed E-state index contributed by atoms with van der Waals surface area (Å²) in [5.74, 6) is -0.0631. The summed E-state index contributed by atoms with van der Waals surface area (Å²) in [7, 11) is 1.66. The molecule has 5 nitrogen and oxygen atoms in total. The number of hydrogen-bond donors (Lipinski definition) is 1. The number of nitrogens with zero attached hydrogens (tertiary/aromatic N) is 1. The Bertz CT molecular complexity index is 774. The molecule has 0 radical (unpaired) electrons. The summed E-state index contributed by atoms with van der Waals surface area (Å²) in [6, 6.07) is 10.9. The van der Waals surface area contributed by atoms with Crippen molar-refractivity contribution in [1.82, 2.24) is 5.32 Å². The van der Waals surface area contributed by atoms with E-state index in [-0.39, 0.29) is 17.6 Å². The van der Waals surface area contributed by atoms with Crippen molar-refractivity contribution in [2.45, 2.75) is 13.0 Å². The summed E-state index contributed by atoms with van der Waals surface area (Å²) in [5.41, 5.74) is 1.81. The van der Waals surface area contributed by atoms with Crippen molar-refractivity contribution in [3.05, 3.63) is 59.4 Å². The number of nitrogens with one attached hydrogen (secondary N) is 1. The van der Waals surface area contributed by atoms with Crippen LogP contribution < -0.4 is 15.0 Å². The van der Waals surface area contributed by atoms with Crippen molar-refractivity contribution in [2.75, 3.05) is 18.6 Å². The minimum atomic E-state index is -0.316. The highest BCUT2D eigenvalue weighted by Crippen LogP contribution is 2.31. The second-order valence-corrected chi connectivity index (χ2v) is 5.54. The van der Waals surface area contributed by atoms with Gasteiger partial charge < -0.3 is 15.0 Å². The van der Waals surface area contributed by atoms with Crippen LogP contribution in [0.5, 0.6) is 5.75 Å². The maximum absolute atomic E-state index is 12.9. The number of halogens is 1. The fourth-order valence-corrected chi connectivity index (χ4v) is 2.48. The van der Waals surface area contributed by atoms with Crippen molar-refractivity contribution in [1.29, 1.82) is 0 Å². The molecule has 2 aromatic rings. The summed E-state index contributed by atoms with van der Waals surface area (Å²) < 4.78 is 18.4. The van der Waals surface area contributed by atoms with Gasteiger partial charge in [-0.1, -0.05) is 12.1 Å². The van der Waals surface area contributed by atoms with Crippen molar-refractivity contribution in [2.24, 2.45) is 0 Å². The molecular weight excluding hydrogens is 311 g/mol. The molecule has 0 fully saturated rings. The molecule has 0 aromatic heterocycles. The Morgan fingerprint density at radius 2 is 2.00 bits per heavy atom. The van der Waals surface area contributed by atoms with Gasteiger partial charge in [-0.15, -0.1) is 0 Å². The summed E-state index contributed by atoms with van der Waals surface area (Å²) in [4.78, 5) is 25.7. The topological polar surface area (TPSA) is 58.6 Å². The first kappa shape index (κ1) is 16.0. The number of carbonyl (C=O) groups is 2. The molecule has 0 bridgehead atoms. The van der Waals surface area contributed by atoms with E-state index in [1.165, 1.54) is 17.0 Å². The quantitative estimate of drug-likeness (QED) is 0.942. The fraction of sp³-hybridized carbons (Fsp3) is 0.222.